The molecule has 0 aromatic carbocycles. The molecule has 1 unspecified atom stereocenters. The SMILES string of the molecule is CSC(C)CCNC(N)=S. The van der Waals surface area contributed by atoms with E-state index in [-0.39, 0.29) is 0 Å². The van der Waals surface area contributed by atoms with Crippen LogP contribution in [-0.2, 0) is 0 Å². The maximum atomic E-state index is 5.23. The molecule has 0 aromatic rings. The Morgan fingerprint density at radius 2 is 2.40 bits per heavy atom. The second-order valence-electron chi connectivity index (χ2n) is 2.13. The molecule has 1 atom stereocenters. The van der Waals surface area contributed by atoms with Crippen molar-refractivity contribution in [3.05, 3.63) is 0 Å². The van der Waals surface area contributed by atoms with E-state index in [1.165, 1.54) is 0 Å². The fourth-order valence-electron chi connectivity index (χ4n) is 0.516. The second kappa shape index (κ2) is 5.80. The number of hydrogen-bond donors (Lipinski definition) is 2. The van der Waals surface area contributed by atoms with Gasteiger partial charge in [0.1, 0.15) is 0 Å². The van der Waals surface area contributed by atoms with Gasteiger partial charge in [-0.1, -0.05) is 6.92 Å². The predicted octanol–water partition coefficient (Wildman–Crippen LogP) is 0.961. The quantitative estimate of drug-likeness (QED) is 0.629. The van der Waals surface area contributed by atoms with Crippen LogP contribution in [0.2, 0.25) is 0 Å². The zero-order valence-electron chi connectivity index (χ0n) is 6.39. The maximum Gasteiger partial charge on any atom is 0.163 e. The summed E-state index contributed by atoms with van der Waals surface area (Å²) in [6, 6.07) is 0. The third-order valence-corrected chi connectivity index (χ3v) is 2.44. The highest BCUT2D eigenvalue weighted by molar-refractivity contribution is 7.99. The topological polar surface area (TPSA) is 38.0 Å². The molecule has 0 bridgehead atoms. The lowest BCUT2D eigenvalue weighted by molar-refractivity contribution is 0.770. The van der Waals surface area contributed by atoms with E-state index < -0.39 is 0 Å². The van der Waals surface area contributed by atoms with E-state index in [2.05, 4.69) is 30.7 Å². The molecule has 0 fully saturated rings. The van der Waals surface area contributed by atoms with Gasteiger partial charge in [0.15, 0.2) is 5.11 Å². The van der Waals surface area contributed by atoms with Crippen molar-refractivity contribution in [2.45, 2.75) is 18.6 Å². The molecule has 0 spiro atoms. The normalized spacial score (nSPS) is 12.6. The van der Waals surface area contributed by atoms with Crippen LogP contribution in [0.4, 0.5) is 0 Å². The Morgan fingerprint density at radius 3 is 2.80 bits per heavy atom. The van der Waals surface area contributed by atoms with Gasteiger partial charge in [-0.15, -0.1) is 0 Å². The first kappa shape index (κ1) is 10.0. The van der Waals surface area contributed by atoms with Crippen LogP contribution in [0.15, 0.2) is 0 Å². The molecule has 4 heteroatoms. The van der Waals surface area contributed by atoms with Crippen molar-refractivity contribution in [3.63, 3.8) is 0 Å². The molecule has 0 aliphatic carbocycles. The van der Waals surface area contributed by atoms with Gasteiger partial charge in [0.2, 0.25) is 0 Å². The largest absolute Gasteiger partial charge is 0.376 e. The van der Waals surface area contributed by atoms with Crippen LogP contribution in [0, 0.1) is 0 Å². The van der Waals surface area contributed by atoms with Crippen molar-refractivity contribution in [2.75, 3.05) is 12.8 Å². The fourth-order valence-corrected chi connectivity index (χ4v) is 0.972. The zero-order valence-corrected chi connectivity index (χ0v) is 8.02. The molecule has 0 radical (unpaired) electrons. The Kier molecular flexibility index (Phi) is 5.82. The molecular formula is C6H14N2S2. The molecule has 0 saturated carbocycles. The van der Waals surface area contributed by atoms with Gasteiger partial charge in [0, 0.05) is 11.8 Å². The van der Waals surface area contributed by atoms with E-state index in [4.69, 9.17) is 5.73 Å². The Balaban J connectivity index is 3.11. The zero-order chi connectivity index (χ0) is 7.98. The monoisotopic (exact) mass is 178 g/mol. The lowest BCUT2D eigenvalue weighted by atomic mass is 10.3. The van der Waals surface area contributed by atoms with Crippen molar-refractivity contribution in [2.24, 2.45) is 5.73 Å². The van der Waals surface area contributed by atoms with E-state index in [1.54, 1.807) is 0 Å². The van der Waals surface area contributed by atoms with Gasteiger partial charge >= 0.3 is 0 Å². The Labute approximate surface area is 71.9 Å². The Bertz CT molecular complexity index is 106. The number of thiocarbonyl (C=S) groups is 1. The first-order chi connectivity index (χ1) is 4.66. The van der Waals surface area contributed by atoms with Crippen molar-refractivity contribution < 1.29 is 0 Å². The molecule has 2 nitrogen and oxygen atoms in total. The van der Waals surface area contributed by atoms with Crippen molar-refractivity contribution in [1.82, 2.24) is 5.32 Å². The van der Waals surface area contributed by atoms with E-state index in [0.29, 0.717) is 10.4 Å². The first-order valence-corrected chi connectivity index (χ1v) is 4.92. The molecule has 0 heterocycles. The molecule has 10 heavy (non-hydrogen) atoms. The maximum absolute atomic E-state index is 5.23. The minimum Gasteiger partial charge on any atom is -0.376 e. The van der Waals surface area contributed by atoms with E-state index >= 15 is 0 Å². The van der Waals surface area contributed by atoms with Crippen molar-refractivity contribution >= 4 is 29.1 Å². The third kappa shape index (κ3) is 6.16. The fraction of sp³-hybridized carbons (Fsp3) is 0.833. The average Bonchev–Trinajstić information content (AvgIpc) is 1.87. The molecule has 0 aliphatic heterocycles. The summed E-state index contributed by atoms with van der Waals surface area (Å²) in [6.07, 6.45) is 3.21. The second-order valence-corrected chi connectivity index (χ2v) is 3.84. The number of rotatable bonds is 4. The highest BCUT2D eigenvalue weighted by Gasteiger charge is 1.97. The molecule has 0 amide bonds. The van der Waals surface area contributed by atoms with Gasteiger partial charge in [0.05, 0.1) is 0 Å². The lowest BCUT2D eigenvalue weighted by Crippen LogP contribution is -2.30. The smallest absolute Gasteiger partial charge is 0.163 e. The van der Waals surface area contributed by atoms with Crippen LogP contribution in [0.1, 0.15) is 13.3 Å². The van der Waals surface area contributed by atoms with Crippen molar-refractivity contribution in [1.29, 1.82) is 0 Å². The van der Waals surface area contributed by atoms with E-state index in [1.807, 2.05) is 11.8 Å². The molecule has 0 aromatic heterocycles. The molecular weight excluding hydrogens is 164 g/mol. The summed E-state index contributed by atoms with van der Waals surface area (Å²) in [6.45, 7) is 3.07. The van der Waals surface area contributed by atoms with Gasteiger partial charge in [-0.3, -0.25) is 0 Å². The van der Waals surface area contributed by atoms with Crippen LogP contribution in [0.25, 0.3) is 0 Å². The van der Waals surface area contributed by atoms with Gasteiger partial charge in [-0.25, -0.2) is 0 Å². The number of thioether (sulfide) groups is 1. The predicted molar refractivity (Wildman–Crippen MR) is 52.4 cm³/mol. The van der Waals surface area contributed by atoms with Crippen molar-refractivity contribution in [3.8, 4) is 0 Å². The standard InChI is InChI=1S/C6H14N2S2/c1-5(10-2)3-4-8-6(7)9/h5H,3-4H2,1-2H3,(H3,7,8,9). The number of nitrogens with two attached hydrogens (primary N) is 1. The Morgan fingerprint density at radius 1 is 1.80 bits per heavy atom. The minimum atomic E-state index is 0.397. The van der Waals surface area contributed by atoms with E-state index in [0.717, 1.165) is 13.0 Å². The number of hydrogen-bond acceptors (Lipinski definition) is 2. The first-order valence-electron chi connectivity index (χ1n) is 3.23. The van der Waals surface area contributed by atoms with Gasteiger partial charge < -0.3 is 11.1 Å². The van der Waals surface area contributed by atoms with Crippen LogP contribution in [-0.4, -0.2) is 23.2 Å². The summed E-state index contributed by atoms with van der Waals surface area (Å²) in [5.41, 5.74) is 5.23. The third-order valence-electron chi connectivity index (χ3n) is 1.25. The molecule has 0 aliphatic rings. The summed E-state index contributed by atoms with van der Waals surface area (Å²) in [5, 5.41) is 3.99. The molecule has 0 saturated heterocycles. The highest BCUT2D eigenvalue weighted by Crippen LogP contribution is 2.07. The van der Waals surface area contributed by atoms with E-state index in [9.17, 15) is 0 Å². The highest BCUT2D eigenvalue weighted by atomic mass is 32.2. The van der Waals surface area contributed by atoms with Crippen LogP contribution in [0.5, 0.6) is 0 Å². The summed E-state index contributed by atoms with van der Waals surface area (Å²) in [4.78, 5) is 0. The minimum absolute atomic E-state index is 0.397. The average molecular weight is 178 g/mol. The van der Waals surface area contributed by atoms with Crippen LogP contribution < -0.4 is 11.1 Å². The molecule has 3 N–H and O–H groups in total. The molecule has 0 rings (SSSR count). The van der Waals surface area contributed by atoms with Crippen LogP contribution >= 0.6 is 24.0 Å². The summed E-state index contributed by atoms with van der Waals surface area (Å²) >= 11 is 6.50. The Hall–Kier alpha value is 0.0400. The summed E-state index contributed by atoms with van der Waals surface area (Å²) in [5.74, 6) is 0. The number of nitrogens with one attached hydrogen (secondary N) is 1. The van der Waals surface area contributed by atoms with Gasteiger partial charge in [-0.2, -0.15) is 11.8 Å². The summed E-state index contributed by atoms with van der Waals surface area (Å²) < 4.78 is 0. The lowest BCUT2D eigenvalue weighted by Gasteiger charge is -2.07. The molecule has 60 valence electrons. The van der Waals surface area contributed by atoms with Gasteiger partial charge in [-0.05, 0) is 24.9 Å². The van der Waals surface area contributed by atoms with Gasteiger partial charge in [0.25, 0.3) is 0 Å². The summed E-state index contributed by atoms with van der Waals surface area (Å²) in [7, 11) is 0. The van der Waals surface area contributed by atoms with Crippen LogP contribution in [0.3, 0.4) is 0 Å².